The minimum atomic E-state index is -0.342. The fourth-order valence-corrected chi connectivity index (χ4v) is 4.60. The van der Waals surface area contributed by atoms with E-state index in [-0.39, 0.29) is 17.4 Å². The molecule has 0 saturated heterocycles. The van der Waals surface area contributed by atoms with Gasteiger partial charge in [0.25, 0.3) is 5.56 Å². The van der Waals surface area contributed by atoms with Gasteiger partial charge < -0.3 is 10.2 Å². The van der Waals surface area contributed by atoms with Crippen molar-refractivity contribution in [3.8, 4) is 11.1 Å². The molecule has 0 saturated carbocycles. The molecule has 38 heavy (non-hydrogen) atoms. The number of hydrogen-bond acceptors (Lipinski definition) is 5. The normalized spacial score (nSPS) is 12.5. The van der Waals surface area contributed by atoms with Gasteiger partial charge in [-0.25, -0.2) is 19.3 Å². The first kappa shape index (κ1) is 25.3. The number of amidine groups is 1. The van der Waals surface area contributed by atoms with Gasteiger partial charge in [-0.05, 0) is 68.0 Å². The molecule has 1 aromatic heterocycles. The number of urea groups is 1. The molecule has 0 fully saturated rings. The third-order valence-corrected chi connectivity index (χ3v) is 6.51. The molecule has 5 rings (SSSR count). The number of nitrogens with zero attached hydrogens (tertiary/aromatic N) is 3. The molecule has 0 unspecified atom stereocenters. The number of amides is 2. The lowest BCUT2D eigenvalue weighted by atomic mass is 9.97. The molecular weight excluding hydrogens is 483 g/mol. The van der Waals surface area contributed by atoms with Crippen molar-refractivity contribution in [3.63, 3.8) is 0 Å². The number of aliphatic imine (C=N–C) groups is 1. The molecule has 3 N–H and O–H groups in total. The van der Waals surface area contributed by atoms with Crippen LogP contribution in [0.1, 0.15) is 23.2 Å². The SMILES string of the molecule is CN(C)CCCNC(=O)NC1=Nc2cc(-c3cc(Cc4n[nH]c(=O)c5ccccc45)ccc3F)ccc2C1. The Morgan fingerprint density at radius 3 is 2.71 bits per heavy atom. The molecule has 0 aliphatic carbocycles. The molecule has 2 heterocycles. The number of aromatic amines is 1. The molecular formula is C29H29FN6O2. The van der Waals surface area contributed by atoms with Crippen LogP contribution >= 0.6 is 0 Å². The zero-order chi connectivity index (χ0) is 26.6. The Hall–Kier alpha value is -4.37. The smallest absolute Gasteiger partial charge is 0.320 e. The van der Waals surface area contributed by atoms with Crippen LogP contribution in [0.2, 0.25) is 0 Å². The maximum atomic E-state index is 14.9. The molecule has 0 atom stereocenters. The summed E-state index contributed by atoms with van der Waals surface area (Å²) in [6.07, 6.45) is 1.80. The summed E-state index contributed by atoms with van der Waals surface area (Å²) in [6, 6.07) is 17.6. The topological polar surface area (TPSA) is 102 Å². The Bertz CT molecular complexity index is 1590. The van der Waals surface area contributed by atoms with E-state index in [4.69, 9.17) is 0 Å². The quantitative estimate of drug-likeness (QED) is 0.324. The highest BCUT2D eigenvalue weighted by atomic mass is 19.1. The first-order chi connectivity index (χ1) is 18.4. The largest absolute Gasteiger partial charge is 0.338 e. The number of aromatic nitrogens is 2. The third kappa shape index (κ3) is 5.63. The first-order valence-electron chi connectivity index (χ1n) is 12.5. The van der Waals surface area contributed by atoms with Gasteiger partial charge in [0.15, 0.2) is 0 Å². The molecule has 4 aromatic rings. The number of H-pyrrole nitrogens is 1. The Morgan fingerprint density at radius 1 is 1.08 bits per heavy atom. The molecule has 3 aromatic carbocycles. The highest BCUT2D eigenvalue weighted by Gasteiger charge is 2.18. The van der Waals surface area contributed by atoms with Gasteiger partial charge >= 0.3 is 6.03 Å². The van der Waals surface area contributed by atoms with Crippen LogP contribution in [0, 0.1) is 5.82 Å². The van der Waals surface area contributed by atoms with E-state index in [1.807, 2.05) is 50.5 Å². The summed E-state index contributed by atoms with van der Waals surface area (Å²) in [5.41, 5.74) is 4.17. The summed E-state index contributed by atoms with van der Waals surface area (Å²) in [4.78, 5) is 31.0. The van der Waals surface area contributed by atoms with Crippen LogP contribution in [0.4, 0.5) is 14.9 Å². The summed E-state index contributed by atoms with van der Waals surface area (Å²) in [5, 5.41) is 13.8. The molecule has 0 bridgehead atoms. The second-order valence-electron chi connectivity index (χ2n) is 9.65. The second-order valence-corrected chi connectivity index (χ2v) is 9.65. The van der Waals surface area contributed by atoms with Gasteiger partial charge in [0.2, 0.25) is 0 Å². The van der Waals surface area contributed by atoms with Crippen molar-refractivity contribution in [2.45, 2.75) is 19.3 Å². The van der Waals surface area contributed by atoms with E-state index in [9.17, 15) is 14.0 Å². The van der Waals surface area contributed by atoms with Crippen LogP contribution in [0.25, 0.3) is 21.9 Å². The molecule has 0 spiro atoms. The molecule has 1 aliphatic heterocycles. The lowest BCUT2D eigenvalue weighted by Crippen LogP contribution is -2.40. The molecule has 194 valence electrons. The van der Waals surface area contributed by atoms with Gasteiger partial charge in [0, 0.05) is 30.3 Å². The van der Waals surface area contributed by atoms with Crippen LogP contribution in [-0.4, -0.2) is 54.1 Å². The van der Waals surface area contributed by atoms with Crippen LogP contribution < -0.4 is 16.2 Å². The fraction of sp³-hybridized carbons (Fsp3) is 0.241. The van der Waals surface area contributed by atoms with Crippen LogP contribution in [-0.2, 0) is 12.8 Å². The molecule has 9 heteroatoms. The van der Waals surface area contributed by atoms with E-state index in [0.29, 0.717) is 53.1 Å². The summed E-state index contributed by atoms with van der Waals surface area (Å²) in [6.45, 7) is 1.47. The Kier molecular flexibility index (Phi) is 7.28. The van der Waals surface area contributed by atoms with E-state index >= 15 is 0 Å². The Balaban J connectivity index is 1.33. The monoisotopic (exact) mass is 512 g/mol. The van der Waals surface area contributed by atoms with Crippen molar-refractivity contribution < 1.29 is 9.18 Å². The van der Waals surface area contributed by atoms with Crippen LogP contribution in [0.5, 0.6) is 0 Å². The van der Waals surface area contributed by atoms with Gasteiger partial charge in [0.1, 0.15) is 11.7 Å². The summed E-state index contributed by atoms with van der Waals surface area (Å²) < 4.78 is 14.9. The minimum absolute atomic E-state index is 0.237. The standard InChI is InChI=1S/C29H29FN6O2/c1-36(2)13-5-12-31-29(38)33-27-17-20-10-9-19(16-25(20)32-27)23-14-18(8-11-24(23)30)15-26-21-6-3-4-7-22(21)28(37)35-34-26/h3-4,6-11,14,16H,5,12-13,15,17H2,1-2H3,(H,35,37)(H2,31,32,33,38). The van der Waals surface area contributed by atoms with Crippen LogP contribution in [0.15, 0.2) is 70.5 Å². The van der Waals surface area contributed by atoms with Crippen molar-refractivity contribution in [2.24, 2.45) is 4.99 Å². The van der Waals surface area contributed by atoms with Gasteiger partial charge in [-0.3, -0.25) is 10.1 Å². The number of nitrogens with one attached hydrogen (secondary N) is 3. The summed E-state index contributed by atoms with van der Waals surface area (Å²) >= 11 is 0. The Morgan fingerprint density at radius 2 is 1.89 bits per heavy atom. The number of rotatable bonds is 7. The number of benzene rings is 3. The zero-order valence-corrected chi connectivity index (χ0v) is 21.3. The van der Waals surface area contributed by atoms with E-state index in [1.54, 1.807) is 18.2 Å². The number of fused-ring (bicyclic) bond motifs is 2. The van der Waals surface area contributed by atoms with E-state index in [0.717, 1.165) is 29.5 Å². The van der Waals surface area contributed by atoms with Gasteiger partial charge in [0.05, 0.1) is 16.8 Å². The van der Waals surface area contributed by atoms with Crippen molar-refractivity contribution in [1.29, 1.82) is 0 Å². The highest BCUT2D eigenvalue weighted by Crippen LogP contribution is 2.33. The Labute approximate surface area is 219 Å². The maximum Gasteiger partial charge on any atom is 0.320 e. The average molecular weight is 513 g/mol. The molecule has 2 amide bonds. The third-order valence-electron chi connectivity index (χ3n) is 6.51. The summed E-state index contributed by atoms with van der Waals surface area (Å²) in [7, 11) is 3.98. The van der Waals surface area contributed by atoms with Gasteiger partial charge in [-0.15, -0.1) is 0 Å². The summed E-state index contributed by atoms with van der Waals surface area (Å²) in [5.74, 6) is 0.220. The predicted molar refractivity (Wildman–Crippen MR) is 148 cm³/mol. The minimum Gasteiger partial charge on any atom is -0.338 e. The lowest BCUT2D eigenvalue weighted by molar-refractivity contribution is 0.244. The van der Waals surface area contributed by atoms with E-state index in [1.165, 1.54) is 6.07 Å². The fourth-order valence-electron chi connectivity index (χ4n) is 4.60. The van der Waals surface area contributed by atoms with Crippen LogP contribution in [0.3, 0.4) is 0 Å². The van der Waals surface area contributed by atoms with Crippen molar-refractivity contribution in [2.75, 3.05) is 27.2 Å². The number of carbonyl (C=O) groups excluding carboxylic acids is 1. The lowest BCUT2D eigenvalue weighted by Gasteiger charge is -2.10. The van der Waals surface area contributed by atoms with Crippen molar-refractivity contribution >= 4 is 28.3 Å². The molecule has 8 nitrogen and oxygen atoms in total. The maximum absolute atomic E-state index is 14.9. The van der Waals surface area contributed by atoms with E-state index in [2.05, 4.69) is 30.7 Å². The predicted octanol–water partition coefficient (Wildman–Crippen LogP) is 4.16. The average Bonchev–Trinajstić information content (AvgIpc) is 3.30. The number of halogens is 1. The van der Waals surface area contributed by atoms with Crippen molar-refractivity contribution in [1.82, 2.24) is 25.7 Å². The van der Waals surface area contributed by atoms with Gasteiger partial charge in [-0.1, -0.05) is 36.4 Å². The second kappa shape index (κ2) is 10.9. The number of carbonyl (C=O) groups is 1. The van der Waals surface area contributed by atoms with E-state index < -0.39 is 0 Å². The molecule has 0 radical (unpaired) electrons. The van der Waals surface area contributed by atoms with Crippen molar-refractivity contribution in [3.05, 3.63) is 93.7 Å². The van der Waals surface area contributed by atoms with Gasteiger partial charge in [-0.2, -0.15) is 5.10 Å². The zero-order valence-electron chi connectivity index (χ0n) is 21.3. The number of hydrogen-bond donors (Lipinski definition) is 3. The highest BCUT2D eigenvalue weighted by molar-refractivity contribution is 6.02. The molecule has 1 aliphatic rings. The first-order valence-corrected chi connectivity index (χ1v) is 12.5.